The van der Waals surface area contributed by atoms with E-state index in [2.05, 4.69) is 5.32 Å². The zero-order valence-electron chi connectivity index (χ0n) is 16.1. The predicted molar refractivity (Wildman–Crippen MR) is 111 cm³/mol. The van der Waals surface area contributed by atoms with Crippen molar-refractivity contribution in [3.05, 3.63) is 64.4 Å². The summed E-state index contributed by atoms with van der Waals surface area (Å²) in [5.74, 6) is -0.691. The van der Waals surface area contributed by atoms with Crippen LogP contribution in [0.3, 0.4) is 0 Å². The smallest absolute Gasteiger partial charge is 0.243 e. The largest absolute Gasteiger partial charge is 0.354 e. The van der Waals surface area contributed by atoms with Crippen LogP contribution in [0.25, 0.3) is 0 Å². The highest BCUT2D eigenvalue weighted by Crippen LogP contribution is 2.26. The van der Waals surface area contributed by atoms with Crippen molar-refractivity contribution in [1.82, 2.24) is 5.32 Å². The van der Waals surface area contributed by atoms with E-state index in [0.717, 1.165) is 21.7 Å². The number of amides is 1. The Hall–Kier alpha value is -2.12. The number of halogens is 2. The number of carbonyl (C=O) groups is 1. The summed E-state index contributed by atoms with van der Waals surface area (Å²) in [6.07, 6.45) is 2.39. The minimum Gasteiger partial charge on any atom is -0.354 e. The molecule has 0 aliphatic heterocycles. The van der Waals surface area contributed by atoms with Crippen LogP contribution in [-0.2, 0) is 21.2 Å². The zero-order valence-corrected chi connectivity index (χ0v) is 17.6. The summed E-state index contributed by atoms with van der Waals surface area (Å²) in [5.41, 5.74) is 2.12. The molecule has 0 bridgehead atoms. The lowest BCUT2D eigenvalue weighted by Gasteiger charge is -2.28. The maximum absolute atomic E-state index is 12.9. The van der Waals surface area contributed by atoms with Crippen molar-refractivity contribution in [2.45, 2.75) is 32.7 Å². The van der Waals surface area contributed by atoms with E-state index >= 15 is 0 Å². The van der Waals surface area contributed by atoms with Crippen LogP contribution in [0.4, 0.5) is 10.1 Å². The number of anilines is 1. The molecule has 0 saturated heterocycles. The SMILES string of the molecule is Cc1ccc(N(C(C)C(=O)NCCCc2ccc(F)cc2)S(C)(=O)=O)cc1Cl. The number of hydrogen-bond acceptors (Lipinski definition) is 3. The molecule has 0 radical (unpaired) electrons. The summed E-state index contributed by atoms with van der Waals surface area (Å²) >= 11 is 6.12. The molecular weight excluding hydrogens is 403 g/mol. The van der Waals surface area contributed by atoms with Crippen LogP contribution in [0.2, 0.25) is 5.02 Å². The number of nitrogens with one attached hydrogen (secondary N) is 1. The molecule has 2 aromatic carbocycles. The molecule has 28 heavy (non-hydrogen) atoms. The topological polar surface area (TPSA) is 66.5 Å². The van der Waals surface area contributed by atoms with Gasteiger partial charge < -0.3 is 5.32 Å². The molecule has 0 aliphatic carbocycles. The van der Waals surface area contributed by atoms with E-state index < -0.39 is 22.0 Å². The lowest BCUT2D eigenvalue weighted by Crippen LogP contribution is -2.48. The molecule has 1 amide bonds. The van der Waals surface area contributed by atoms with Gasteiger partial charge in [0.25, 0.3) is 0 Å². The second-order valence-corrected chi connectivity index (χ2v) is 8.96. The number of benzene rings is 2. The van der Waals surface area contributed by atoms with E-state index in [0.29, 0.717) is 30.1 Å². The molecule has 8 heteroatoms. The van der Waals surface area contributed by atoms with Crippen molar-refractivity contribution < 1.29 is 17.6 Å². The van der Waals surface area contributed by atoms with E-state index in [9.17, 15) is 17.6 Å². The fourth-order valence-electron chi connectivity index (χ4n) is 2.83. The van der Waals surface area contributed by atoms with Crippen molar-refractivity contribution in [2.75, 3.05) is 17.1 Å². The predicted octanol–water partition coefficient (Wildman–Crippen LogP) is 3.69. The number of nitrogens with zero attached hydrogens (tertiary/aromatic N) is 1. The Bertz CT molecular complexity index is 933. The molecule has 0 heterocycles. The molecule has 2 aromatic rings. The first-order chi connectivity index (χ1) is 13.1. The van der Waals surface area contributed by atoms with Gasteiger partial charge in [0.1, 0.15) is 11.9 Å². The van der Waals surface area contributed by atoms with Gasteiger partial charge in [0.15, 0.2) is 0 Å². The monoisotopic (exact) mass is 426 g/mol. The molecule has 1 atom stereocenters. The number of rotatable bonds is 8. The minimum absolute atomic E-state index is 0.289. The second-order valence-electron chi connectivity index (χ2n) is 6.69. The lowest BCUT2D eigenvalue weighted by atomic mass is 10.1. The Morgan fingerprint density at radius 1 is 1.21 bits per heavy atom. The van der Waals surface area contributed by atoms with Crippen LogP contribution in [-0.4, -0.2) is 33.2 Å². The van der Waals surface area contributed by atoms with Gasteiger partial charge in [0, 0.05) is 11.6 Å². The van der Waals surface area contributed by atoms with Crippen LogP contribution in [0.1, 0.15) is 24.5 Å². The van der Waals surface area contributed by atoms with Crippen molar-refractivity contribution in [3.8, 4) is 0 Å². The molecular formula is C20H24ClFN2O3S. The van der Waals surface area contributed by atoms with E-state index in [4.69, 9.17) is 11.6 Å². The molecule has 152 valence electrons. The van der Waals surface area contributed by atoms with Gasteiger partial charge in [-0.2, -0.15) is 0 Å². The summed E-state index contributed by atoms with van der Waals surface area (Å²) < 4.78 is 38.6. The normalized spacial score (nSPS) is 12.5. The molecule has 0 spiro atoms. The van der Waals surface area contributed by atoms with Crippen molar-refractivity contribution >= 4 is 33.2 Å². The Morgan fingerprint density at radius 2 is 1.86 bits per heavy atom. The van der Waals surface area contributed by atoms with Crippen LogP contribution >= 0.6 is 11.6 Å². The number of carbonyl (C=O) groups excluding carboxylic acids is 1. The lowest BCUT2D eigenvalue weighted by molar-refractivity contribution is -0.121. The highest BCUT2D eigenvalue weighted by molar-refractivity contribution is 7.92. The Balaban J connectivity index is 2.01. The molecule has 0 fully saturated rings. The van der Waals surface area contributed by atoms with E-state index in [-0.39, 0.29) is 5.82 Å². The quantitative estimate of drug-likeness (QED) is 0.654. The summed E-state index contributed by atoms with van der Waals surface area (Å²) in [7, 11) is -3.69. The van der Waals surface area contributed by atoms with Gasteiger partial charge in [-0.15, -0.1) is 0 Å². The number of sulfonamides is 1. The van der Waals surface area contributed by atoms with Gasteiger partial charge in [0.05, 0.1) is 11.9 Å². The molecule has 2 rings (SSSR count). The zero-order chi connectivity index (χ0) is 20.9. The van der Waals surface area contributed by atoms with Crippen LogP contribution in [0.15, 0.2) is 42.5 Å². The Morgan fingerprint density at radius 3 is 2.43 bits per heavy atom. The van der Waals surface area contributed by atoms with E-state index in [1.807, 2.05) is 6.92 Å². The summed E-state index contributed by atoms with van der Waals surface area (Å²) in [5, 5.41) is 3.19. The van der Waals surface area contributed by atoms with Crippen LogP contribution in [0, 0.1) is 12.7 Å². The standard InChI is InChI=1S/C20H24ClFN2O3S/c1-14-6-11-18(13-19(14)21)24(28(3,26)27)15(2)20(25)23-12-4-5-16-7-9-17(22)10-8-16/h6-11,13,15H,4-5,12H2,1-3H3,(H,23,25). The van der Waals surface area contributed by atoms with Gasteiger partial charge in [0.2, 0.25) is 15.9 Å². The van der Waals surface area contributed by atoms with Crippen LogP contribution in [0.5, 0.6) is 0 Å². The highest BCUT2D eigenvalue weighted by atomic mass is 35.5. The maximum atomic E-state index is 12.9. The Kier molecular flexibility index (Phi) is 7.43. The first-order valence-corrected chi connectivity index (χ1v) is 11.1. The third-order valence-electron chi connectivity index (χ3n) is 4.35. The van der Waals surface area contributed by atoms with Gasteiger partial charge in [-0.3, -0.25) is 9.10 Å². The first-order valence-electron chi connectivity index (χ1n) is 8.87. The minimum atomic E-state index is -3.69. The van der Waals surface area contributed by atoms with Crippen molar-refractivity contribution in [2.24, 2.45) is 0 Å². The second kappa shape index (κ2) is 9.39. The van der Waals surface area contributed by atoms with Gasteiger partial charge in [-0.1, -0.05) is 29.8 Å². The average molecular weight is 427 g/mol. The van der Waals surface area contributed by atoms with E-state index in [1.165, 1.54) is 25.1 Å². The third kappa shape index (κ3) is 5.94. The van der Waals surface area contributed by atoms with Gasteiger partial charge >= 0.3 is 0 Å². The van der Waals surface area contributed by atoms with Gasteiger partial charge in [-0.25, -0.2) is 12.8 Å². The summed E-state index contributed by atoms with van der Waals surface area (Å²) in [6.45, 7) is 3.73. The summed E-state index contributed by atoms with van der Waals surface area (Å²) in [6, 6.07) is 10.1. The number of hydrogen-bond donors (Lipinski definition) is 1. The maximum Gasteiger partial charge on any atom is 0.243 e. The summed E-state index contributed by atoms with van der Waals surface area (Å²) in [4.78, 5) is 12.5. The molecule has 1 N–H and O–H groups in total. The van der Waals surface area contributed by atoms with E-state index in [1.54, 1.807) is 24.3 Å². The first kappa shape index (κ1) is 22.2. The molecule has 1 unspecified atom stereocenters. The molecule has 5 nitrogen and oxygen atoms in total. The Labute approximate surface area is 170 Å². The van der Waals surface area contributed by atoms with Crippen molar-refractivity contribution in [3.63, 3.8) is 0 Å². The molecule has 0 saturated carbocycles. The molecule has 0 aliphatic rings. The number of aryl methyl sites for hydroxylation is 2. The van der Waals surface area contributed by atoms with Crippen molar-refractivity contribution in [1.29, 1.82) is 0 Å². The fourth-order valence-corrected chi connectivity index (χ4v) is 4.17. The fraction of sp³-hybridized carbons (Fsp3) is 0.350. The molecule has 0 aromatic heterocycles. The average Bonchev–Trinajstić information content (AvgIpc) is 2.62. The van der Waals surface area contributed by atoms with Crippen LogP contribution < -0.4 is 9.62 Å². The highest BCUT2D eigenvalue weighted by Gasteiger charge is 2.29. The van der Waals surface area contributed by atoms with Gasteiger partial charge in [-0.05, 0) is 62.1 Å². The third-order valence-corrected chi connectivity index (χ3v) is 6.00.